The second-order valence-electron chi connectivity index (χ2n) is 2.11. The van der Waals surface area contributed by atoms with E-state index in [1.165, 1.54) is 0 Å². The third-order valence-corrected chi connectivity index (χ3v) is 2.32. The zero-order valence-electron chi connectivity index (χ0n) is 6.20. The van der Waals surface area contributed by atoms with Crippen LogP contribution in [-0.4, -0.2) is 16.7 Å². The van der Waals surface area contributed by atoms with Crippen molar-refractivity contribution in [3.05, 3.63) is 16.1 Å². The number of nitrogens with zero attached hydrogens (tertiary/aromatic N) is 2. The predicted octanol–water partition coefficient (Wildman–Crippen LogP) is 2.10. The molecule has 0 radical (unpaired) electrons. The summed E-state index contributed by atoms with van der Waals surface area (Å²) in [7, 11) is 0. The number of thiazole rings is 1. The molecule has 4 heteroatoms. The molecule has 58 valence electrons. The maximum Gasteiger partial charge on any atom is 0.0946 e. The SMILES string of the molecule is Cc1csc(CCN=C=S)n1. The highest BCUT2D eigenvalue weighted by Crippen LogP contribution is 2.08. The van der Waals surface area contributed by atoms with E-state index in [1.54, 1.807) is 11.3 Å². The summed E-state index contributed by atoms with van der Waals surface area (Å²) >= 11 is 6.11. The first-order valence-electron chi connectivity index (χ1n) is 3.27. The van der Waals surface area contributed by atoms with E-state index in [2.05, 4.69) is 27.4 Å². The highest BCUT2D eigenvalue weighted by atomic mass is 32.1. The van der Waals surface area contributed by atoms with Crippen molar-refractivity contribution in [1.82, 2.24) is 4.98 Å². The van der Waals surface area contributed by atoms with E-state index in [4.69, 9.17) is 0 Å². The molecule has 0 spiro atoms. The van der Waals surface area contributed by atoms with Crippen molar-refractivity contribution in [3.63, 3.8) is 0 Å². The molecule has 11 heavy (non-hydrogen) atoms. The van der Waals surface area contributed by atoms with Gasteiger partial charge in [-0.3, -0.25) is 0 Å². The molecule has 0 unspecified atom stereocenters. The van der Waals surface area contributed by atoms with Crippen molar-refractivity contribution < 1.29 is 0 Å². The van der Waals surface area contributed by atoms with E-state index < -0.39 is 0 Å². The first-order chi connectivity index (χ1) is 5.33. The molecule has 1 rings (SSSR count). The van der Waals surface area contributed by atoms with Gasteiger partial charge in [0.25, 0.3) is 0 Å². The minimum absolute atomic E-state index is 0.705. The molecular formula is C7H8N2S2. The average Bonchev–Trinajstić information content (AvgIpc) is 2.37. The van der Waals surface area contributed by atoms with Gasteiger partial charge < -0.3 is 0 Å². The first kappa shape index (κ1) is 8.53. The smallest absolute Gasteiger partial charge is 0.0946 e. The van der Waals surface area contributed by atoms with Gasteiger partial charge in [-0.1, -0.05) is 0 Å². The Morgan fingerprint density at radius 3 is 3.18 bits per heavy atom. The fourth-order valence-electron chi connectivity index (χ4n) is 0.715. The number of isothiocyanates is 1. The van der Waals surface area contributed by atoms with Crippen LogP contribution >= 0.6 is 23.6 Å². The molecule has 0 saturated carbocycles. The minimum atomic E-state index is 0.705. The van der Waals surface area contributed by atoms with Gasteiger partial charge in [-0.15, -0.1) is 11.3 Å². The molecule has 1 aromatic heterocycles. The van der Waals surface area contributed by atoms with Crippen LogP contribution in [0.1, 0.15) is 10.7 Å². The molecule has 0 bridgehead atoms. The van der Waals surface area contributed by atoms with Crippen LogP contribution < -0.4 is 0 Å². The molecule has 0 fully saturated rings. The summed E-state index contributed by atoms with van der Waals surface area (Å²) in [5, 5.41) is 5.49. The second-order valence-corrected chi connectivity index (χ2v) is 3.23. The molecule has 0 aliphatic heterocycles. The summed E-state index contributed by atoms with van der Waals surface area (Å²) in [6.07, 6.45) is 0.877. The maximum absolute atomic E-state index is 4.44. The zero-order chi connectivity index (χ0) is 8.10. The number of thiocarbonyl (C=S) groups is 1. The predicted molar refractivity (Wildman–Crippen MR) is 50.4 cm³/mol. The third-order valence-electron chi connectivity index (χ3n) is 1.17. The lowest BCUT2D eigenvalue weighted by Gasteiger charge is -1.86. The molecular weight excluding hydrogens is 176 g/mol. The molecule has 0 amide bonds. The Morgan fingerprint density at radius 1 is 1.82 bits per heavy atom. The quantitative estimate of drug-likeness (QED) is 0.531. The van der Waals surface area contributed by atoms with Gasteiger partial charge in [0.15, 0.2) is 0 Å². The summed E-state index contributed by atoms with van der Waals surface area (Å²) < 4.78 is 0. The van der Waals surface area contributed by atoms with E-state index in [1.807, 2.05) is 12.3 Å². The number of aliphatic imine (C=N–C) groups is 1. The normalized spacial score (nSPS) is 9.18. The van der Waals surface area contributed by atoms with Crippen LogP contribution in [0.4, 0.5) is 0 Å². The van der Waals surface area contributed by atoms with Crippen molar-refractivity contribution >= 4 is 28.7 Å². The number of aryl methyl sites for hydroxylation is 1. The molecule has 0 aliphatic carbocycles. The molecule has 0 saturated heterocycles. The monoisotopic (exact) mass is 184 g/mol. The van der Waals surface area contributed by atoms with E-state index >= 15 is 0 Å². The topological polar surface area (TPSA) is 25.2 Å². The summed E-state index contributed by atoms with van der Waals surface area (Å²) in [6.45, 7) is 2.69. The molecule has 1 heterocycles. The highest BCUT2D eigenvalue weighted by molar-refractivity contribution is 7.78. The minimum Gasteiger partial charge on any atom is -0.247 e. The summed E-state index contributed by atoms with van der Waals surface area (Å²) in [6, 6.07) is 0. The standard InChI is InChI=1S/C7H8N2S2/c1-6-4-11-7(9-6)2-3-8-5-10/h4H,2-3H2,1H3. The van der Waals surface area contributed by atoms with Gasteiger partial charge in [-0.25, -0.2) is 9.98 Å². The van der Waals surface area contributed by atoms with Crippen molar-refractivity contribution in [3.8, 4) is 0 Å². The Hall–Kier alpha value is -0.570. The van der Waals surface area contributed by atoms with Crippen LogP contribution in [-0.2, 0) is 6.42 Å². The van der Waals surface area contributed by atoms with E-state index in [-0.39, 0.29) is 0 Å². The van der Waals surface area contributed by atoms with Gasteiger partial charge in [-0.2, -0.15) is 0 Å². The Balaban J connectivity index is 2.44. The lowest BCUT2D eigenvalue weighted by Crippen LogP contribution is -1.87. The summed E-state index contributed by atoms with van der Waals surface area (Å²) in [5.74, 6) is 0. The van der Waals surface area contributed by atoms with Crippen LogP contribution in [0.5, 0.6) is 0 Å². The van der Waals surface area contributed by atoms with Gasteiger partial charge in [-0.05, 0) is 19.1 Å². The third kappa shape index (κ3) is 2.89. The maximum atomic E-state index is 4.44. The fourth-order valence-corrected chi connectivity index (χ4v) is 1.57. The zero-order valence-corrected chi connectivity index (χ0v) is 7.84. The van der Waals surface area contributed by atoms with Crippen LogP contribution in [0.25, 0.3) is 0 Å². The van der Waals surface area contributed by atoms with Gasteiger partial charge in [0.2, 0.25) is 0 Å². The highest BCUT2D eigenvalue weighted by Gasteiger charge is 1.95. The summed E-state index contributed by atoms with van der Waals surface area (Å²) in [5.41, 5.74) is 1.08. The van der Waals surface area contributed by atoms with Crippen molar-refractivity contribution in [2.75, 3.05) is 6.54 Å². The van der Waals surface area contributed by atoms with Crippen LogP contribution in [0.2, 0.25) is 0 Å². The number of hydrogen-bond donors (Lipinski definition) is 0. The molecule has 1 aromatic rings. The molecule has 0 N–H and O–H groups in total. The molecule has 0 aromatic carbocycles. The largest absolute Gasteiger partial charge is 0.247 e. The van der Waals surface area contributed by atoms with E-state index in [0.717, 1.165) is 17.1 Å². The first-order valence-corrected chi connectivity index (χ1v) is 4.56. The Morgan fingerprint density at radius 2 is 2.64 bits per heavy atom. The van der Waals surface area contributed by atoms with Crippen molar-refractivity contribution in [1.29, 1.82) is 0 Å². The van der Waals surface area contributed by atoms with Gasteiger partial charge in [0.05, 0.1) is 16.7 Å². The van der Waals surface area contributed by atoms with Gasteiger partial charge in [0.1, 0.15) is 0 Å². The summed E-state index contributed by atoms with van der Waals surface area (Å²) in [4.78, 5) is 8.09. The van der Waals surface area contributed by atoms with Gasteiger partial charge in [0, 0.05) is 17.5 Å². The number of aromatic nitrogens is 1. The Bertz CT molecular complexity index is 274. The second kappa shape index (κ2) is 4.34. The molecule has 0 atom stereocenters. The molecule has 0 aliphatic rings. The number of hydrogen-bond acceptors (Lipinski definition) is 4. The van der Waals surface area contributed by atoms with Crippen molar-refractivity contribution in [2.24, 2.45) is 4.99 Å². The van der Waals surface area contributed by atoms with Crippen LogP contribution in [0.15, 0.2) is 10.4 Å². The van der Waals surface area contributed by atoms with E-state index in [0.29, 0.717) is 6.54 Å². The molecule has 2 nitrogen and oxygen atoms in total. The Kier molecular flexibility index (Phi) is 3.36. The lowest BCUT2D eigenvalue weighted by molar-refractivity contribution is 0.952. The lowest BCUT2D eigenvalue weighted by atomic mass is 10.4. The number of rotatable bonds is 3. The average molecular weight is 184 g/mol. The Labute approximate surface area is 75.0 Å². The van der Waals surface area contributed by atoms with Gasteiger partial charge >= 0.3 is 0 Å². The van der Waals surface area contributed by atoms with Crippen molar-refractivity contribution in [2.45, 2.75) is 13.3 Å². The van der Waals surface area contributed by atoms with Crippen LogP contribution in [0.3, 0.4) is 0 Å². The van der Waals surface area contributed by atoms with E-state index in [9.17, 15) is 0 Å². The van der Waals surface area contributed by atoms with Crippen LogP contribution in [0, 0.1) is 6.92 Å². The fraction of sp³-hybridized carbons (Fsp3) is 0.429.